The highest BCUT2D eigenvalue weighted by atomic mass is 16.5. The van der Waals surface area contributed by atoms with Crippen molar-refractivity contribution >= 4 is 0 Å². The summed E-state index contributed by atoms with van der Waals surface area (Å²) in [4.78, 5) is 4.40. The van der Waals surface area contributed by atoms with E-state index in [-0.39, 0.29) is 17.6 Å². The summed E-state index contributed by atoms with van der Waals surface area (Å²) < 4.78 is 11.0. The van der Waals surface area contributed by atoms with E-state index in [0.29, 0.717) is 24.7 Å². The molecule has 2 atom stereocenters. The third-order valence-corrected chi connectivity index (χ3v) is 2.80. The molecule has 0 bridgehead atoms. The molecule has 0 amide bonds. The number of aromatic nitrogens is 2. The van der Waals surface area contributed by atoms with E-state index < -0.39 is 0 Å². The zero-order valence-electron chi connectivity index (χ0n) is 12.1. The molecule has 1 aromatic rings. The Morgan fingerprint density at radius 3 is 2.50 bits per heavy atom. The molecule has 5 heteroatoms. The summed E-state index contributed by atoms with van der Waals surface area (Å²) in [6.07, 6.45) is 1.36. The minimum Gasteiger partial charge on any atom is -0.370 e. The highest BCUT2D eigenvalue weighted by Crippen LogP contribution is 2.34. The molecule has 1 aromatic heterocycles. The van der Waals surface area contributed by atoms with Crippen LogP contribution < -0.4 is 5.73 Å². The molecule has 0 saturated carbocycles. The van der Waals surface area contributed by atoms with E-state index in [2.05, 4.69) is 30.9 Å². The van der Waals surface area contributed by atoms with Crippen molar-refractivity contribution < 1.29 is 9.26 Å². The van der Waals surface area contributed by atoms with E-state index >= 15 is 0 Å². The van der Waals surface area contributed by atoms with Crippen LogP contribution >= 0.6 is 0 Å². The molecule has 0 aliphatic carbocycles. The smallest absolute Gasteiger partial charge is 0.228 e. The second-order valence-electron chi connectivity index (χ2n) is 5.62. The van der Waals surface area contributed by atoms with Crippen molar-refractivity contribution in [3.63, 3.8) is 0 Å². The Morgan fingerprint density at radius 1 is 1.33 bits per heavy atom. The van der Waals surface area contributed by atoms with Gasteiger partial charge in [0.05, 0.1) is 0 Å². The molecule has 2 N–H and O–H groups in total. The lowest BCUT2D eigenvalue weighted by Gasteiger charge is -2.27. The zero-order valence-corrected chi connectivity index (χ0v) is 12.1. The van der Waals surface area contributed by atoms with Gasteiger partial charge in [-0.1, -0.05) is 32.9 Å². The molecule has 0 aliphatic rings. The Balaban J connectivity index is 2.81. The average molecular weight is 255 g/mol. The van der Waals surface area contributed by atoms with E-state index in [1.165, 1.54) is 0 Å². The molecule has 0 saturated heterocycles. The van der Waals surface area contributed by atoms with Gasteiger partial charge >= 0.3 is 0 Å². The van der Waals surface area contributed by atoms with Gasteiger partial charge in [0, 0.05) is 19.1 Å². The molecule has 1 heterocycles. The maximum absolute atomic E-state index is 5.88. The Kier molecular flexibility index (Phi) is 5.28. The fraction of sp³-hybridized carbons (Fsp3) is 0.846. The fourth-order valence-corrected chi connectivity index (χ4v) is 1.70. The first-order valence-electron chi connectivity index (χ1n) is 6.58. The first kappa shape index (κ1) is 15.1. The highest BCUT2D eigenvalue weighted by Gasteiger charge is 2.31. The van der Waals surface area contributed by atoms with Gasteiger partial charge in [0.25, 0.3) is 0 Å². The molecule has 104 valence electrons. The van der Waals surface area contributed by atoms with Gasteiger partial charge < -0.3 is 15.0 Å². The standard InChI is InChI=1S/C13H25N3O2/c1-6-9(14)8-10-15-12(16-18-10)11(17-7-2)13(3,4)5/h9,11H,6-8,14H2,1-5H3. The van der Waals surface area contributed by atoms with Crippen LogP contribution in [0.3, 0.4) is 0 Å². The van der Waals surface area contributed by atoms with Crippen molar-refractivity contribution in [2.75, 3.05) is 6.61 Å². The van der Waals surface area contributed by atoms with Crippen LogP contribution in [0.2, 0.25) is 0 Å². The highest BCUT2D eigenvalue weighted by molar-refractivity contribution is 4.97. The second kappa shape index (κ2) is 6.29. The number of hydrogen-bond acceptors (Lipinski definition) is 5. The summed E-state index contributed by atoms with van der Waals surface area (Å²) >= 11 is 0. The predicted molar refractivity (Wildman–Crippen MR) is 70.1 cm³/mol. The normalized spacial score (nSPS) is 15.7. The number of nitrogens with two attached hydrogens (primary N) is 1. The van der Waals surface area contributed by atoms with Crippen LogP contribution in [0.4, 0.5) is 0 Å². The van der Waals surface area contributed by atoms with E-state index in [0.717, 1.165) is 6.42 Å². The van der Waals surface area contributed by atoms with Crippen LogP contribution in [0.15, 0.2) is 4.52 Å². The van der Waals surface area contributed by atoms with Crippen LogP contribution in [0, 0.1) is 5.41 Å². The van der Waals surface area contributed by atoms with E-state index in [1.807, 2.05) is 13.8 Å². The van der Waals surface area contributed by atoms with Crippen molar-refractivity contribution in [1.82, 2.24) is 10.1 Å². The molecule has 0 radical (unpaired) electrons. The van der Waals surface area contributed by atoms with Crippen molar-refractivity contribution in [2.24, 2.45) is 11.1 Å². The lowest BCUT2D eigenvalue weighted by Crippen LogP contribution is -2.23. The predicted octanol–water partition coefficient (Wildman–Crippen LogP) is 2.47. The Bertz CT molecular complexity index is 357. The molecule has 0 fully saturated rings. The number of ether oxygens (including phenoxy) is 1. The van der Waals surface area contributed by atoms with Crippen LogP contribution in [-0.2, 0) is 11.2 Å². The first-order valence-corrected chi connectivity index (χ1v) is 6.58. The topological polar surface area (TPSA) is 74.2 Å². The van der Waals surface area contributed by atoms with Crippen molar-refractivity contribution in [3.05, 3.63) is 11.7 Å². The molecule has 5 nitrogen and oxygen atoms in total. The Labute approximate surface area is 109 Å². The van der Waals surface area contributed by atoms with Crippen molar-refractivity contribution in [1.29, 1.82) is 0 Å². The van der Waals surface area contributed by atoms with Crippen LogP contribution in [-0.4, -0.2) is 22.8 Å². The zero-order chi connectivity index (χ0) is 13.8. The van der Waals surface area contributed by atoms with E-state index in [1.54, 1.807) is 0 Å². The van der Waals surface area contributed by atoms with Crippen molar-refractivity contribution in [3.8, 4) is 0 Å². The molecule has 1 rings (SSSR count). The van der Waals surface area contributed by atoms with E-state index in [4.69, 9.17) is 15.0 Å². The number of nitrogens with zero attached hydrogens (tertiary/aromatic N) is 2. The number of rotatable bonds is 6. The fourth-order valence-electron chi connectivity index (χ4n) is 1.70. The Morgan fingerprint density at radius 2 is 2.00 bits per heavy atom. The average Bonchev–Trinajstić information content (AvgIpc) is 2.72. The van der Waals surface area contributed by atoms with Gasteiger partial charge in [-0.3, -0.25) is 0 Å². The monoisotopic (exact) mass is 255 g/mol. The number of hydrogen-bond donors (Lipinski definition) is 1. The van der Waals surface area contributed by atoms with Crippen LogP contribution in [0.1, 0.15) is 58.9 Å². The van der Waals surface area contributed by atoms with Gasteiger partial charge in [-0.15, -0.1) is 0 Å². The molecule has 18 heavy (non-hydrogen) atoms. The van der Waals surface area contributed by atoms with Gasteiger partial charge in [0.2, 0.25) is 11.7 Å². The van der Waals surface area contributed by atoms with Gasteiger partial charge in [-0.2, -0.15) is 4.98 Å². The lowest BCUT2D eigenvalue weighted by atomic mass is 9.88. The van der Waals surface area contributed by atoms with Gasteiger partial charge in [-0.25, -0.2) is 0 Å². The molecular weight excluding hydrogens is 230 g/mol. The summed E-state index contributed by atoms with van der Waals surface area (Å²) in [5.74, 6) is 1.20. The molecule has 0 aromatic carbocycles. The van der Waals surface area contributed by atoms with E-state index in [9.17, 15) is 0 Å². The summed E-state index contributed by atoms with van der Waals surface area (Å²) in [6, 6.07) is 0.0680. The quantitative estimate of drug-likeness (QED) is 0.845. The van der Waals surface area contributed by atoms with Gasteiger partial charge in [0.1, 0.15) is 6.10 Å². The van der Waals surface area contributed by atoms with Gasteiger partial charge in [0.15, 0.2) is 0 Å². The lowest BCUT2D eigenvalue weighted by molar-refractivity contribution is -0.0203. The largest absolute Gasteiger partial charge is 0.370 e. The maximum atomic E-state index is 5.88. The molecule has 0 spiro atoms. The molecule has 2 unspecified atom stereocenters. The third kappa shape index (κ3) is 4.07. The van der Waals surface area contributed by atoms with Crippen LogP contribution in [0.25, 0.3) is 0 Å². The second-order valence-corrected chi connectivity index (χ2v) is 5.62. The van der Waals surface area contributed by atoms with Gasteiger partial charge in [-0.05, 0) is 18.8 Å². The molecule has 0 aliphatic heterocycles. The minimum absolute atomic E-state index is 0.0655. The van der Waals surface area contributed by atoms with Crippen molar-refractivity contribution in [2.45, 2.75) is 59.6 Å². The SMILES string of the molecule is CCOC(c1noc(CC(N)CC)n1)C(C)(C)C. The summed E-state index contributed by atoms with van der Waals surface area (Å²) in [5, 5.41) is 4.02. The summed E-state index contributed by atoms with van der Waals surface area (Å²) in [5.41, 5.74) is 5.81. The summed E-state index contributed by atoms with van der Waals surface area (Å²) in [6.45, 7) is 10.9. The minimum atomic E-state index is -0.155. The van der Waals surface area contributed by atoms with Crippen LogP contribution in [0.5, 0.6) is 0 Å². The summed E-state index contributed by atoms with van der Waals surface area (Å²) in [7, 11) is 0. The Hall–Kier alpha value is -0.940. The maximum Gasteiger partial charge on any atom is 0.228 e. The third-order valence-electron chi connectivity index (χ3n) is 2.80. The molecular formula is C13H25N3O2. The first-order chi connectivity index (χ1) is 8.38.